The van der Waals surface area contributed by atoms with Gasteiger partial charge in [-0.1, -0.05) is 12.1 Å². The van der Waals surface area contributed by atoms with E-state index in [1.54, 1.807) is 42.3 Å². The van der Waals surface area contributed by atoms with Gasteiger partial charge < -0.3 is 19.5 Å². The van der Waals surface area contributed by atoms with E-state index < -0.39 is 6.17 Å². The normalized spacial score (nSPS) is 15.3. The summed E-state index contributed by atoms with van der Waals surface area (Å²) in [6, 6.07) is 16.6. The minimum Gasteiger partial charge on any atom is -0.493 e. The molecule has 0 radical (unpaired) electrons. The van der Waals surface area contributed by atoms with E-state index in [0.29, 0.717) is 39.8 Å². The fourth-order valence-corrected chi connectivity index (χ4v) is 3.68. The molecule has 6 nitrogen and oxygen atoms in total. The Morgan fingerprint density at radius 3 is 2.23 bits per heavy atom. The highest BCUT2D eigenvalue weighted by Crippen LogP contribution is 2.46. The van der Waals surface area contributed by atoms with E-state index in [2.05, 4.69) is 5.32 Å². The highest BCUT2D eigenvalue weighted by atomic mass is 19.1. The van der Waals surface area contributed by atoms with E-state index >= 15 is 0 Å². The number of benzene rings is 3. The zero-order chi connectivity index (χ0) is 21.3. The Morgan fingerprint density at radius 2 is 1.57 bits per heavy atom. The largest absolute Gasteiger partial charge is 0.493 e. The van der Waals surface area contributed by atoms with Gasteiger partial charge in [-0.15, -0.1) is 0 Å². The summed E-state index contributed by atoms with van der Waals surface area (Å²) < 4.78 is 30.1. The van der Waals surface area contributed by atoms with Gasteiger partial charge >= 0.3 is 0 Å². The molecule has 30 heavy (non-hydrogen) atoms. The topological polar surface area (TPSA) is 60.0 Å². The van der Waals surface area contributed by atoms with Crippen molar-refractivity contribution in [1.29, 1.82) is 0 Å². The summed E-state index contributed by atoms with van der Waals surface area (Å²) in [5.74, 6) is 0.780. The first-order valence-electron chi connectivity index (χ1n) is 9.32. The molecule has 1 unspecified atom stereocenters. The van der Waals surface area contributed by atoms with Crippen LogP contribution in [0, 0.1) is 5.82 Å². The number of methoxy groups -OCH3 is 3. The molecular weight excluding hydrogens is 387 g/mol. The number of para-hydroxylation sites is 1. The lowest BCUT2D eigenvalue weighted by atomic mass is 10.0. The van der Waals surface area contributed by atoms with Crippen LogP contribution in [0.15, 0.2) is 60.7 Å². The van der Waals surface area contributed by atoms with Gasteiger partial charge in [0.15, 0.2) is 11.5 Å². The highest BCUT2D eigenvalue weighted by Gasteiger charge is 2.36. The predicted molar refractivity (Wildman–Crippen MR) is 112 cm³/mol. The van der Waals surface area contributed by atoms with E-state index in [0.717, 1.165) is 0 Å². The predicted octanol–water partition coefficient (Wildman–Crippen LogP) is 4.62. The van der Waals surface area contributed by atoms with Crippen LogP contribution in [0.25, 0.3) is 0 Å². The van der Waals surface area contributed by atoms with Gasteiger partial charge in [0.25, 0.3) is 5.91 Å². The third-order valence-electron chi connectivity index (χ3n) is 5.06. The zero-order valence-electron chi connectivity index (χ0n) is 16.8. The van der Waals surface area contributed by atoms with Crippen LogP contribution in [0.2, 0.25) is 0 Å². The molecular formula is C23H21FN2O4. The molecule has 1 amide bonds. The molecule has 1 N–H and O–H groups in total. The molecule has 4 rings (SSSR count). The number of hydrogen-bond acceptors (Lipinski definition) is 5. The summed E-state index contributed by atoms with van der Waals surface area (Å²) in [6.45, 7) is 0. The van der Waals surface area contributed by atoms with Gasteiger partial charge in [0.1, 0.15) is 12.0 Å². The van der Waals surface area contributed by atoms with Crippen molar-refractivity contribution >= 4 is 17.3 Å². The maximum atomic E-state index is 13.5. The van der Waals surface area contributed by atoms with E-state index in [9.17, 15) is 9.18 Å². The SMILES string of the molecule is COc1ccc(C2Nc3ccccc3C(=O)N2c2ccc(F)cc2)c(OC)c1OC. The van der Waals surface area contributed by atoms with Crippen molar-refractivity contribution < 1.29 is 23.4 Å². The van der Waals surface area contributed by atoms with Gasteiger partial charge in [-0.25, -0.2) is 4.39 Å². The van der Waals surface area contributed by atoms with Crippen molar-refractivity contribution in [1.82, 2.24) is 0 Å². The van der Waals surface area contributed by atoms with E-state index in [4.69, 9.17) is 14.2 Å². The second-order valence-corrected chi connectivity index (χ2v) is 6.67. The van der Waals surface area contributed by atoms with Gasteiger partial charge in [-0.2, -0.15) is 0 Å². The molecule has 1 aliphatic rings. The Morgan fingerprint density at radius 1 is 0.867 bits per heavy atom. The number of halogens is 1. The lowest BCUT2D eigenvalue weighted by Crippen LogP contribution is -2.43. The standard InChI is InChI=1S/C23H21FN2O4/c1-28-19-13-12-17(20(29-2)21(19)30-3)22-25-18-7-5-4-6-16(18)23(27)26(22)15-10-8-14(24)9-11-15/h4-13,22,25H,1-3H3. The number of anilines is 2. The lowest BCUT2D eigenvalue weighted by Gasteiger charge is -2.38. The van der Waals surface area contributed by atoms with Crippen molar-refractivity contribution in [2.75, 3.05) is 31.5 Å². The number of ether oxygens (including phenoxy) is 3. The highest BCUT2D eigenvalue weighted by molar-refractivity contribution is 6.12. The maximum Gasteiger partial charge on any atom is 0.262 e. The zero-order valence-corrected chi connectivity index (χ0v) is 16.8. The molecule has 0 saturated carbocycles. The number of carbonyl (C=O) groups is 1. The average Bonchev–Trinajstić information content (AvgIpc) is 2.78. The van der Waals surface area contributed by atoms with Gasteiger partial charge in [0, 0.05) is 16.9 Å². The van der Waals surface area contributed by atoms with Gasteiger partial charge in [-0.05, 0) is 48.5 Å². The fourth-order valence-electron chi connectivity index (χ4n) is 3.68. The Balaban J connectivity index is 1.92. The number of carbonyl (C=O) groups excluding carboxylic acids is 1. The monoisotopic (exact) mass is 408 g/mol. The molecule has 0 fully saturated rings. The number of hydrogen-bond donors (Lipinski definition) is 1. The average molecular weight is 408 g/mol. The first-order chi connectivity index (χ1) is 14.6. The lowest BCUT2D eigenvalue weighted by molar-refractivity contribution is 0.0974. The summed E-state index contributed by atoms with van der Waals surface area (Å²) in [7, 11) is 4.60. The molecule has 154 valence electrons. The fraction of sp³-hybridized carbons (Fsp3) is 0.174. The van der Waals surface area contributed by atoms with E-state index in [1.807, 2.05) is 18.2 Å². The van der Waals surface area contributed by atoms with E-state index in [1.165, 1.54) is 26.4 Å². The quantitative estimate of drug-likeness (QED) is 0.667. The molecule has 3 aromatic rings. The van der Waals surface area contributed by atoms with Crippen LogP contribution in [-0.2, 0) is 0 Å². The number of nitrogens with zero attached hydrogens (tertiary/aromatic N) is 1. The molecule has 0 aliphatic carbocycles. The first-order valence-corrected chi connectivity index (χ1v) is 9.32. The van der Waals surface area contributed by atoms with Crippen LogP contribution in [0.3, 0.4) is 0 Å². The van der Waals surface area contributed by atoms with Gasteiger partial charge in [0.05, 0.1) is 26.9 Å². The van der Waals surface area contributed by atoms with Crippen molar-refractivity contribution in [2.45, 2.75) is 6.17 Å². The molecule has 1 heterocycles. The number of nitrogens with one attached hydrogen (secondary N) is 1. The Labute approximate surface area is 173 Å². The molecule has 0 spiro atoms. The summed E-state index contributed by atoms with van der Waals surface area (Å²) in [6.07, 6.45) is -0.618. The van der Waals surface area contributed by atoms with Crippen LogP contribution in [0.5, 0.6) is 17.2 Å². The molecule has 1 aliphatic heterocycles. The van der Waals surface area contributed by atoms with E-state index in [-0.39, 0.29) is 11.7 Å². The molecule has 3 aromatic carbocycles. The van der Waals surface area contributed by atoms with Crippen LogP contribution in [0.4, 0.5) is 15.8 Å². The first kappa shape index (κ1) is 19.6. The van der Waals surface area contributed by atoms with Crippen molar-refractivity contribution in [3.63, 3.8) is 0 Å². The number of fused-ring (bicyclic) bond motifs is 1. The smallest absolute Gasteiger partial charge is 0.262 e. The maximum absolute atomic E-state index is 13.5. The number of amides is 1. The summed E-state index contributed by atoms with van der Waals surface area (Å²) in [5.41, 5.74) is 2.44. The minimum atomic E-state index is -0.618. The Hall–Kier alpha value is -3.74. The van der Waals surface area contributed by atoms with Crippen molar-refractivity contribution in [3.8, 4) is 17.2 Å². The molecule has 7 heteroatoms. The third kappa shape index (κ3) is 3.18. The Kier molecular flexibility index (Phi) is 5.18. The second-order valence-electron chi connectivity index (χ2n) is 6.67. The third-order valence-corrected chi connectivity index (χ3v) is 5.06. The van der Waals surface area contributed by atoms with Crippen LogP contribution in [0.1, 0.15) is 22.1 Å². The summed E-state index contributed by atoms with van der Waals surface area (Å²) in [5, 5.41) is 3.41. The van der Waals surface area contributed by atoms with Crippen LogP contribution < -0.4 is 24.4 Å². The summed E-state index contributed by atoms with van der Waals surface area (Å²) in [4.78, 5) is 15.0. The van der Waals surface area contributed by atoms with Gasteiger partial charge in [-0.3, -0.25) is 9.69 Å². The van der Waals surface area contributed by atoms with Crippen molar-refractivity contribution in [2.24, 2.45) is 0 Å². The second kappa shape index (κ2) is 7.94. The summed E-state index contributed by atoms with van der Waals surface area (Å²) >= 11 is 0. The molecule has 0 bridgehead atoms. The van der Waals surface area contributed by atoms with Gasteiger partial charge in [0.2, 0.25) is 5.75 Å². The van der Waals surface area contributed by atoms with Crippen molar-refractivity contribution in [3.05, 3.63) is 77.6 Å². The molecule has 1 atom stereocenters. The molecule has 0 saturated heterocycles. The van der Waals surface area contributed by atoms with Crippen LogP contribution >= 0.6 is 0 Å². The molecule has 0 aromatic heterocycles. The van der Waals surface area contributed by atoms with Crippen LogP contribution in [-0.4, -0.2) is 27.2 Å². The Bertz CT molecular complexity index is 1090. The number of rotatable bonds is 5. The minimum absolute atomic E-state index is 0.210.